The topological polar surface area (TPSA) is 41.3 Å². The van der Waals surface area contributed by atoms with Gasteiger partial charge >= 0.3 is 0 Å². The number of nitrogens with two attached hydrogens (primary N) is 1. The number of rotatable bonds is 4. The molecule has 1 aliphatic heterocycles. The van der Waals surface area contributed by atoms with Gasteiger partial charge in [0.25, 0.3) is 0 Å². The van der Waals surface area contributed by atoms with Gasteiger partial charge in [-0.2, -0.15) is 0 Å². The first-order valence-electron chi connectivity index (χ1n) is 5.48. The first-order chi connectivity index (χ1) is 6.25. The highest BCUT2D eigenvalue weighted by atomic mass is 15.2. The summed E-state index contributed by atoms with van der Waals surface area (Å²) in [7, 11) is 0. The molecule has 2 rings (SSSR count). The van der Waals surface area contributed by atoms with Gasteiger partial charge in [-0.25, -0.2) is 0 Å². The Hall–Kier alpha value is -0.120. The summed E-state index contributed by atoms with van der Waals surface area (Å²) in [6.07, 6.45) is 4.17. The first-order valence-corrected chi connectivity index (χ1v) is 5.48. The van der Waals surface area contributed by atoms with Crippen molar-refractivity contribution in [2.24, 2.45) is 5.73 Å². The summed E-state index contributed by atoms with van der Waals surface area (Å²) in [4.78, 5) is 2.62. The van der Waals surface area contributed by atoms with Crippen molar-refractivity contribution < 1.29 is 0 Å². The maximum absolute atomic E-state index is 5.70. The van der Waals surface area contributed by atoms with Crippen molar-refractivity contribution in [3.8, 4) is 0 Å². The lowest BCUT2D eigenvalue weighted by Gasteiger charge is -2.16. The highest BCUT2D eigenvalue weighted by Gasteiger charge is 2.33. The van der Waals surface area contributed by atoms with Crippen LogP contribution < -0.4 is 11.1 Å². The summed E-state index contributed by atoms with van der Waals surface area (Å²) >= 11 is 0. The molecular weight excluding hydrogens is 162 g/mol. The molecule has 0 amide bonds. The molecular formula is C10H21N3. The number of hydrogen-bond acceptors (Lipinski definition) is 3. The van der Waals surface area contributed by atoms with Crippen LogP contribution in [-0.4, -0.2) is 42.7 Å². The van der Waals surface area contributed by atoms with Gasteiger partial charge in [0.15, 0.2) is 0 Å². The summed E-state index contributed by atoms with van der Waals surface area (Å²) in [6, 6.07) is 1.92. The Morgan fingerprint density at radius 3 is 2.85 bits per heavy atom. The average Bonchev–Trinajstić information content (AvgIpc) is 2.83. The molecule has 13 heavy (non-hydrogen) atoms. The van der Waals surface area contributed by atoms with Gasteiger partial charge in [0.1, 0.15) is 0 Å². The summed E-state index contributed by atoms with van der Waals surface area (Å²) in [5, 5.41) is 3.53. The van der Waals surface area contributed by atoms with E-state index in [0.29, 0.717) is 6.04 Å². The fourth-order valence-corrected chi connectivity index (χ4v) is 2.08. The van der Waals surface area contributed by atoms with E-state index < -0.39 is 0 Å². The number of nitrogens with zero attached hydrogens (tertiary/aromatic N) is 1. The van der Waals surface area contributed by atoms with Gasteiger partial charge in [-0.05, 0) is 26.2 Å². The van der Waals surface area contributed by atoms with E-state index in [2.05, 4.69) is 17.1 Å². The van der Waals surface area contributed by atoms with E-state index in [0.717, 1.165) is 12.6 Å². The van der Waals surface area contributed by atoms with Crippen molar-refractivity contribution >= 4 is 0 Å². The Balaban J connectivity index is 1.65. The third-order valence-electron chi connectivity index (χ3n) is 3.01. The van der Waals surface area contributed by atoms with E-state index >= 15 is 0 Å². The molecule has 2 atom stereocenters. The molecule has 1 heterocycles. The Labute approximate surface area is 80.7 Å². The van der Waals surface area contributed by atoms with Crippen molar-refractivity contribution in [3.05, 3.63) is 0 Å². The minimum atomic E-state index is 0.287. The Morgan fingerprint density at radius 2 is 2.23 bits per heavy atom. The van der Waals surface area contributed by atoms with E-state index in [4.69, 9.17) is 5.73 Å². The minimum Gasteiger partial charge on any atom is -0.327 e. The zero-order valence-corrected chi connectivity index (χ0v) is 8.50. The van der Waals surface area contributed by atoms with Crippen LogP contribution in [0, 0.1) is 0 Å². The van der Waals surface area contributed by atoms with Crippen LogP contribution in [0.25, 0.3) is 0 Å². The molecule has 0 bridgehead atoms. The van der Waals surface area contributed by atoms with Crippen LogP contribution in [0.1, 0.15) is 26.2 Å². The maximum atomic E-state index is 5.70. The van der Waals surface area contributed by atoms with Crippen molar-refractivity contribution in [2.75, 3.05) is 19.6 Å². The third-order valence-corrected chi connectivity index (χ3v) is 3.01. The normalized spacial score (nSPS) is 32.3. The molecule has 2 unspecified atom stereocenters. The number of hydrogen-bond donors (Lipinski definition) is 2. The molecule has 3 heteroatoms. The molecule has 1 aliphatic carbocycles. The largest absolute Gasteiger partial charge is 0.327 e. The molecule has 0 aromatic rings. The van der Waals surface area contributed by atoms with Crippen LogP contribution in [0.3, 0.4) is 0 Å². The number of likely N-dealkylation sites (tertiary alicyclic amines) is 1. The first kappa shape index (κ1) is 9.44. The smallest absolute Gasteiger partial charge is 0.0207 e. The molecule has 3 nitrogen and oxygen atoms in total. The predicted molar refractivity (Wildman–Crippen MR) is 54.7 cm³/mol. The molecule has 1 saturated carbocycles. The zero-order chi connectivity index (χ0) is 9.26. The summed E-state index contributed by atoms with van der Waals surface area (Å²) in [5.74, 6) is 0. The monoisotopic (exact) mass is 183 g/mol. The van der Waals surface area contributed by atoms with Crippen LogP contribution in [0.5, 0.6) is 0 Å². The summed E-state index contributed by atoms with van der Waals surface area (Å²) in [6.45, 7) is 5.56. The predicted octanol–water partition coefficient (Wildman–Crippen LogP) is 0.160. The maximum Gasteiger partial charge on any atom is 0.0207 e. The molecule has 3 N–H and O–H groups in total. The van der Waals surface area contributed by atoms with E-state index in [-0.39, 0.29) is 6.04 Å². The van der Waals surface area contributed by atoms with Crippen LogP contribution in [0.2, 0.25) is 0 Å². The Bertz CT molecular complexity index is 166. The second-order valence-corrected chi connectivity index (χ2v) is 4.60. The molecule has 2 fully saturated rings. The quantitative estimate of drug-likeness (QED) is 0.652. The molecule has 0 radical (unpaired) electrons. The SMILES string of the molecule is CC(N)CNC1CCN(C2CC2)C1. The van der Waals surface area contributed by atoms with Gasteiger partial charge in [0.2, 0.25) is 0 Å². The van der Waals surface area contributed by atoms with Crippen molar-refractivity contribution in [3.63, 3.8) is 0 Å². The highest BCUT2D eigenvalue weighted by molar-refractivity contribution is 4.91. The van der Waals surface area contributed by atoms with Gasteiger partial charge in [-0.3, -0.25) is 4.90 Å². The van der Waals surface area contributed by atoms with Crippen LogP contribution in [-0.2, 0) is 0 Å². The standard InChI is InChI=1S/C10H21N3/c1-8(11)6-12-9-4-5-13(7-9)10-2-3-10/h8-10,12H,2-7,11H2,1H3. The lowest BCUT2D eigenvalue weighted by Crippen LogP contribution is -2.39. The van der Waals surface area contributed by atoms with Crippen LogP contribution in [0.4, 0.5) is 0 Å². The fraction of sp³-hybridized carbons (Fsp3) is 1.00. The molecule has 2 aliphatic rings. The van der Waals surface area contributed by atoms with Crippen molar-refractivity contribution in [1.82, 2.24) is 10.2 Å². The Morgan fingerprint density at radius 1 is 1.46 bits per heavy atom. The van der Waals surface area contributed by atoms with Gasteiger partial charge < -0.3 is 11.1 Å². The van der Waals surface area contributed by atoms with E-state index in [1.807, 2.05) is 0 Å². The molecule has 0 aromatic carbocycles. The molecule has 1 saturated heterocycles. The van der Waals surface area contributed by atoms with Crippen molar-refractivity contribution in [2.45, 2.75) is 44.3 Å². The van der Waals surface area contributed by atoms with E-state index in [1.165, 1.54) is 32.4 Å². The van der Waals surface area contributed by atoms with Crippen LogP contribution >= 0.6 is 0 Å². The lowest BCUT2D eigenvalue weighted by atomic mass is 10.2. The van der Waals surface area contributed by atoms with Gasteiger partial charge in [-0.15, -0.1) is 0 Å². The van der Waals surface area contributed by atoms with Crippen molar-refractivity contribution in [1.29, 1.82) is 0 Å². The molecule has 76 valence electrons. The fourth-order valence-electron chi connectivity index (χ4n) is 2.08. The van der Waals surface area contributed by atoms with Gasteiger partial charge in [0.05, 0.1) is 0 Å². The second kappa shape index (κ2) is 3.95. The van der Waals surface area contributed by atoms with E-state index in [1.54, 1.807) is 0 Å². The Kier molecular flexibility index (Phi) is 2.86. The third kappa shape index (κ3) is 2.66. The van der Waals surface area contributed by atoms with Gasteiger partial charge in [-0.1, -0.05) is 0 Å². The minimum absolute atomic E-state index is 0.287. The lowest BCUT2D eigenvalue weighted by molar-refractivity contribution is 0.317. The molecule has 0 spiro atoms. The van der Waals surface area contributed by atoms with Gasteiger partial charge in [0, 0.05) is 37.8 Å². The average molecular weight is 183 g/mol. The molecule has 0 aromatic heterocycles. The highest BCUT2D eigenvalue weighted by Crippen LogP contribution is 2.29. The summed E-state index contributed by atoms with van der Waals surface area (Å²) < 4.78 is 0. The number of nitrogens with one attached hydrogen (secondary N) is 1. The second-order valence-electron chi connectivity index (χ2n) is 4.60. The summed E-state index contributed by atoms with van der Waals surface area (Å²) in [5.41, 5.74) is 5.70. The van der Waals surface area contributed by atoms with E-state index in [9.17, 15) is 0 Å². The van der Waals surface area contributed by atoms with Crippen LogP contribution in [0.15, 0.2) is 0 Å². The zero-order valence-electron chi connectivity index (χ0n) is 8.50.